The van der Waals surface area contributed by atoms with Gasteiger partial charge in [0.1, 0.15) is 0 Å². The van der Waals surface area contributed by atoms with Gasteiger partial charge in [-0.05, 0) is 24.8 Å². The molecule has 0 aliphatic heterocycles. The zero-order valence-corrected chi connectivity index (χ0v) is 10.6. The summed E-state index contributed by atoms with van der Waals surface area (Å²) in [7, 11) is 0. The summed E-state index contributed by atoms with van der Waals surface area (Å²) < 4.78 is 5.53. The summed E-state index contributed by atoms with van der Waals surface area (Å²) in [5.41, 5.74) is 6.19. The van der Waals surface area contributed by atoms with Gasteiger partial charge in [-0.25, -0.2) is 4.98 Å². The monoisotopic (exact) mass is 242 g/mol. The van der Waals surface area contributed by atoms with Crippen molar-refractivity contribution in [1.82, 2.24) is 4.98 Å². The van der Waals surface area contributed by atoms with Gasteiger partial charge in [0, 0.05) is 12.6 Å². The van der Waals surface area contributed by atoms with Crippen molar-refractivity contribution in [2.24, 2.45) is 11.7 Å². The average molecular weight is 243 g/mol. The van der Waals surface area contributed by atoms with E-state index in [1.165, 1.54) is 0 Å². The molecule has 1 heterocycles. The maximum absolute atomic E-state index is 5.90. The summed E-state index contributed by atoms with van der Waals surface area (Å²) in [4.78, 5) is 4.23. The van der Waals surface area contributed by atoms with Crippen molar-refractivity contribution >= 4 is 11.6 Å². The zero-order chi connectivity index (χ0) is 12.0. The Kier molecular flexibility index (Phi) is 5.56. The second-order valence-electron chi connectivity index (χ2n) is 4.17. The fourth-order valence-corrected chi connectivity index (χ4v) is 1.54. The lowest BCUT2D eigenvalue weighted by atomic mass is 10.1. The number of rotatable bonds is 6. The van der Waals surface area contributed by atoms with Gasteiger partial charge in [0.15, 0.2) is 0 Å². The number of aromatic nitrogens is 1. The van der Waals surface area contributed by atoms with Gasteiger partial charge in [0.05, 0.1) is 17.3 Å². The van der Waals surface area contributed by atoms with Gasteiger partial charge >= 0.3 is 0 Å². The van der Waals surface area contributed by atoms with E-state index in [9.17, 15) is 0 Å². The van der Waals surface area contributed by atoms with Gasteiger partial charge in [-0.15, -0.1) is 0 Å². The molecule has 90 valence electrons. The number of pyridine rings is 1. The largest absolute Gasteiger partial charge is 0.478 e. The van der Waals surface area contributed by atoms with Crippen molar-refractivity contribution in [2.45, 2.75) is 33.2 Å². The van der Waals surface area contributed by atoms with E-state index in [-0.39, 0.29) is 0 Å². The van der Waals surface area contributed by atoms with E-state index in [0.717, 1.165) is 12.8 Å². The first-order valence-electron chi connectivity index (χ1n) is 5.61. The summed E-state index contributed by atoms with van der Waals surface area (Å²) in [6.45, 7) is 5.43. The standard InChI is InChI=1S/C12H19ClN2O/c1-9(2)4-3-7-16-12-6-5-10(13)11(8-14)15-12/h5-6,9H,3-4,7-8,14H2,1-2H3. The first kappa shape index (κ1) is 13.3. The van der Waals surface area contributed by atoms with E-state index >= 15 is 0 Å². The molecular formula is C12H19ClN2O. The number of hydrogen-bond donors (Lipinski definition) is 1. The topological polar surface area (TPSA) is 48.1 Å². The van der Waals surface area contributed by atoms with Crippen molar-refractivity contribution in [1.29, 1.82) is 0 Å². The van der Waals surface area contributed by atoms with Crippen LogP contribution in [0.2, 0.25) is 5.02 Å². The molecule has 0 atom stereocenters. The Morgan fingerprint density at radius 1 is 1.44 bits per heavy atom. The van der Waals surface area contributed by atoms with Crippen molar-refractivity contribution in [3.05, 3.63) is 22.8 Å². The van der Waals surface area contributed by atoms with Crippen molar-refractivity contribution in [2.75, 3.05) is 6.61 Å². The lowest BCUT2D eigenvalue weighted by Gasteiger charge is -2.08. The second kappa shape index (κ2) is 6.71. The van der Waals surface area contributed by atoms with Crippen LogP contribution >= 0.6 is 11.6 Å². The predicted octanol–water partition coefficient (Wildman–Crippen LogP) is 3.01. The minimum Gasteiger partial charge on any atom is -0.478 e. The van der Waals surface area contributed by atoms with E-state index in [4.69, 9.17) is 22.1 Å². The van der Waals surface area contributed by atoms with Gasteiger partial charge in [0.2, 0.25) is 5.88 Å². The number of nitrogens with zero attached hydrogens (tertiary/aromatic N) is 1. The van der Waals surface area contributed by atoms with E-state index in [1.54, 1.807) is 12.1 Å². The van der Waals surface area contributed by atoms with Crippen LogP contribution < -0.4 is 10.5 Å². The van der Waals surface area contributed by atoms with Gasteiger partial charge in [-0.2, -0.15) is 0 Å². The molecule has 2 N–H and O–H groups in total. The van der Waals surface area contributed by atoms with Crippen LogP contribution in [-0.4, -0.2) is 11.6 Å². The summed E-state index contributed by atoms with van der Waals surface area (Å²) in [6, 6.07) is 3.55. The Bertz CT molecular complexity index is 329. The SMILES string of the molecule is CC(C)CCCOc1ccc(Cl)c(CN)n1. The average Bonchev–Trinajstić information content (AvgIpc) is 2.26. The number of nitrogens with two attached hydrogens (primary N) is 1. The normalized spacial score (nSPS) is 10.8. The van der Waals surface area contributed by atoms with Gasteiger partial charge in [-0.1, -0.05) is 25.4 Å². The van der Waals surface area contributed by atoms with Crippen LogP contribution in [0.4, 0.5) is 0 Å². The maximum Gasteiger partial charge on any atom is 0.213 e. The molecule has 0 aliphatic rings. The molecule has 4 heteroatoms. The van der Waals surface area contributed by atoms with Crippen molar-refractivity contribution in [3.63, 3.8) is 0 Å². The van der Waals surface area contributed by atoms with Crippen molar-refractivity contribution in [3.8, 4) is 5.88 Å². The fourth-order valence-electron chi connectivity index (χ4n) is 1.36. The Balaban J connectivity index is 2.42. The third kappa shape index (κ3) is 4.37. The molecule has 0 fully saturated rings. The minimum atomic E-state index is 0.335. The third-order valence-electron chi connectivity index (χ3n) is 2.26. The zero-order valence-electron chi connectivity index (χ0n) is 9.87. The predicted molar refractivity (Wildman–Crippen MR) is 66.7 cm³/mol. The van der Waals surface area contributed by atoms with Gasteiger partial charge < -0.3 is 10.5 Å². The Morgan fingerprint density at radius 3 is 2.81 bits per heavy atom. The molecule has 0 unspecified atom stereocenters. The van der Waals surface area contributed by atoms with Crippen LogP contribution in [0.15, 0.2) is 12.1 Å². The lowest BCUT2D eigenvalue weighted by Crippen LogP contribution is -2.05. The first-order chi connectivity index (χ1) is 7.63. The summed E-state index contributed by atoms with van der Waals surface area (Å²) in [6.07, 6.45) is 2.21. The van der Waals surface area contributed by atoms with Crippen LogP contribution in [0.25, 0.3) is 0 Å². The lowest BCUT2D eigenvalue weighted by molar-refractivity contribution is 0.286. The Labute approximate surface area is 102 Å². The highest BCUT2D eigenvalue weighted by Gasteiger charge is 2.03. The molecule has 3 nitrogen and oxygen atoms in total. The molecule has 0 aliphatic carbocycles. The highest BCUT2D eigenvalue weighted by Crippen LogP contribution is 2.17. The summed E-state index contributed by atoms with van der Waals surface area (Å²) >= 11 is 5.90. The van der Waals surface area contributed by atoms with Crippen LogP contribution in [0.5, 0.6) is 5.88 Å². The minimum absolute atomic E-state index is 0.335. The van der Waals surface area contributed by atoms with Crippen LogP contribution in [-0.2, 0) is 6.54 Å². The number of halogens is 1. The third-order valence-corrected chi connectivity index (χ3v) is 2.61. The Morgan fingerprint density at radius 2 is 2.19 bits per heavy atom. The second-order valence-corrected chi connectivity index (χ2v) is 4.57. The molecule has 1 aromatic heterocycles. The Hall–Kier alpha value is -0.800. The van der Waals surface area contributed by atoms with E-state index < -0.39 is 0 Å². The molecule has 0 radical (unpaired) electrons. The maximum atomic E-state index is 5.90. The van der Waals surface area contributed by atoms with Crippen LogP contribution in [0.3, 0.4) is 0 Å². The number of hydrogen-bond acceptors (Lipinski definition) is 3. The fraction of sp³-hybridized carbons (Fsp3) is 0.583. The molecule has 0 spiro atoms. The van der Waals surface area contributed by atoms with Crippen LogP contribution in [0.1, 0.15) is 32.4 Å². The highest BCUT2D eigenvalue weighted by molar-refractivity contribution is 6.31. The molecule has 0 saturated carbocycles. The van der Waals surface area contributed by atoms with Crippen molar-refractivity contribution < 1.29 is 4.74 Å². The molecule has 0 amide bonds. The van der Waals surface area contributed by atoms with Crippen LogP contribution in [0, 0.1) is 5.92 Å². The number of ether oxygens (including phenoxy) is 1. The molecule has 1 aromatic rings. The van der Waals surface area contributed by atoms with Gasteiger partial charge in [-0.3, -0.25) is 0 Å². The van der Waals surface area contributed by atoms with E-state index in [0.29, 0.717) is 35.7 Å². The molecule has 0 saturated heterocycles. The summed E-state index contributed by atoms with van der Waals surface area (Å²) in [5.74, 6) is 1.31. The van der Waals surface area contributed by atoms with Gasteiger partial charge in [0.25, 0.3) is 0 Å². The quantitative estimate of drug-likeness (QED) is 0.781. The van der Waals surface area contributed by atoms with E-state index in [1.807, 2.05) is 0 Å². The first-order valence-corrected chi connectivity index (χ1v) is 5.99. The molecular weight excluding hydrogens is 224 g/mol. The smallest absolute Gasteiger partial charge is 0.213 e. The van der Waals surface area contributed by atoms with E-state index in [2.05, 4.69) is 18.8 Å². The molecule has 1 rings (SSSR count). The molecule has 0 bridgehead atoms. The highest BCUT2D eigenvalue weighted by atomic mass is 35.5. The molecule has 0 aromatic carbocycles. The molecule has 16 heavy (non-hydrogen) atoms. The summed E-state index contributed by atoms with van der Waals surface area (Å²) in [5, 5.41) is 0.594.